The Kier molecular flexibility index (Phi) is 8.37. The van der Waals surface area contributed by atoms with Crippen LogP contribution >= 0.6 is 0 Å². The molecule has 0 atom stereocenters. The molecule has 14 rings (SSSR count). The van der Waals surface area contributed by atoms with Crippen LogP contribution in [0.2, 0.25) is 0 Å². The van der Waals surface area contributed by atoms with Crippen LogP contribution in [0.5, 0.6) is 0 Å². The Balaban J connectivity index is 0.992. The second-order valence-electron chi connectivity index (χ2n) is 17.5. The summed E-state index contributed by atoms with van der Waals surface area (Å²) in [5.41, 5.74) is 13.8. The van der Waals surface area contributed by atoms with Crippen LogP contribution in [0.4, 0.5) is 0 Å². The maximum atomic E-state index is 2.51. The number of para-hydroxylation sites is 2. The number of nitrogens with zero attached hydrogens (tertiary/aromatic N) is 1. The monoisotopic (exact) mass is 901 g/mol. The number of hydrogen-bond acceptors (Lipinski definition) is 0. The molecule has 0 bridgehead atoms. The molecule has 0 N–H and O–H groups in total. The molecule has 0 aliphatic heterocycles. The van der Waals surface area contributed by atoms with Crippen molar-refractivity contribution in [1.82, 2.24) is 4.57 Å². The summed E-state index contributed by atoms with van der Waals surface area (Å²) in [6, 6.07) is 88.1. The third kappa shape index (κ3) is 5.53. The van der Waals surface area contributed by atoms with Crippen LogP contribution in [0, 0.1) is 0 Å². The minimum atomic E-state index is 0.143. The van der Waals surface area contributed by atoms with Gasteiger partial charge in [-0.2, -0.15) is 0 Å². The molecule has 0 spiro atoms. The summed E-state index contributed by atoms with van der Waals surface area (Å²) in [6.45, 7) is 0. The van der Waals surface area contributed by atoms with E-state index in [0.717, 1.165) is 0 Å². The normalized spacial score (nSPS) is 11.9. The predicted octanol–water partition coefficient (Wildman–Crippen LogP) is 17.4. The van der Waals surface area contributed by atoms with E-state index in [-0.39, 0.29) is 14.5 Å². The number of hydrogen-bond donors (Lipinski definition) is 0. The van der Waals surface area contributed by atoms with Crippen molar-refractivity contribution in [2.45, 2.75) is 0 Å². The molecule has 0 saturated heterocycles. The van der Waals surface area contributed by atoms with E-state index in [2.05, 4.69) is 241 Å². The zero-order chi connectivity index (χ0) is 43.3. The molecule has 66 heavy (non-hydrogen) atoms. The van der Waals surface area contributed by atoms with Gasteiger partial charge in [-0.05, 0) is 18.2 Å². The van der Waals surface area contributed by atoms with Gasteiger partial charge in [0.15, 0.2) is 0 Å². The first-order chi connectivity index (χ1) is 32.8. The number of rotatable bonds is 5. The average molecular weight is 901 g/mol. The molecule has 1 nitrogen and oxygen atoms in total. The van der Waals surface area contributed by atoms with E-state index in [1.54, 1.807) is 0 Å². The molecule has 0 radical (unpaired) electrons. The van der Waals surface area contributed by atoms with Crippen molar-refractivity contribution in [1.29, 1.82) is 0 Å². The van der Waals surface area contributed by atoms with Gasteiger partial charge in [0.25, 0.3) is 0 Å². The molecule has 0 unspecified atom stereocenters. The summed E-state index contributed by atoms with van der Waals surface area (Å²) in [6.07, 6.45) is 0. The molecule has 0 amide bonds. The van der Waals surface area contributed by atoms with Crippen molar-refractivity contribution in [2.24, 2.45) is 0 Å². The second kappa shape index (κ2) is 14.8. The zero-order valence-corrected chi connectivity index (χ0v) is 37.6. The topological polar surface area (TPSA) is 4.93 Å². The predicted molar refractivity (Wildman–Crippen MR) is 285 cm³/mol. The van der Waals surface area contributed by atoms with E-state index in [1.165, 1.54) is 134 Å². The van der Waals surface area contributed by atoms with Crippen molar-refractivity contribution < 1.29 is 0 Å². The van der Waals surface area contributed by atoms with Gasteiger partial charge < -0.3 is 0 Å². The molecule has 0 fully saturated rings. The van der Waals surface area contributed by atoms with Crippen molar-refractivity contribution in [3.05, 3.63) is 237 Å². The number of aromatic nitrogens is 1. The fraction of sp³-hybridized carbons (Fsp3) is 0. The Morgan fingerprint density at radius 2 is 0.697 bits per heavy atom. The van der Waals surface area contributed by atoms with Crippen molar-refractivity contribution in [2.75, 3.05) is 0 Å². The molecule has 2 aromatic heterocycles. The fourth-order valence-electron chi connectivity index (χ4n) is 11.3. The summed E-state index contributed by atoms with van der Waals surface area (Å²) in [4.78, 5) is 0. The molecule has 2 heteroatoms. The van der Waals surface area contributed by atoms with Crippen molar-refractivity contribution >= 4 is 98.7 Å². The molecule has 12 aromatic carbocycles. The maximum absolute atomic E-state index is 2.51. The van der Waals surface area contributed by atoms with Crippen LogP contribution in [0.3, 0.4) is 0 Å². The van der Waals surface area contributed by atoms with Crippen LogP contribution < -0.4 is 0 Å². The third-order valence-corrected chi connectivity index (χ3v) is 16.3. The molecule has 2 heterocycles. The molecular formula is C64H39NSe. The molecule has 0 aliphatic rings. The van der Waals surface area contributed by atoms with Crippen LogP contribution in [-0.4, -0.2) is 19.1 Å². The second-order valence-corrected chi connectivity index (χ2v) is 19.7. The van der Waals surface area contributed by atoms with Gasteiger partial charge in [0.1, 0.15) is 0 Å². The summed E-state index contributed by atoms with van der Waals surface area (Å²) >= 11 is 0.143. The van der Waals surface area contributed by atoms with Gasteiger partial charge >= 0.3 is 335 Å². The van der Waals surface area contributed by atoms with Gasteiger partial charge in [-0.25, -0.2) is 0 Å². The SMILES string of the molecule is c1ccc(-c2c3ccccc3c(-c3ccc4c(c3)[se]c3cccc(-c5c6ccccc6c(-c6ccc7c8ccccc8n(-c8ccccc8)c7c6)c6ccccc56)c34)c3ccccc23)cc1. The first-order valence-electron chi connectivity index (χ1n) is 22.8. The zero-order valence-electron chi connectivity index (χ0n) is 35.9. The van der Waals surface area contributed by atoms with Crippen LogP contribution in [0.15, 0.2) is 237 Å². The molecule has 306 valence electrons. The summed E-state index contributed by atoms with van der Waals surface area (Å²) in [5, 5.41) is 15.5. The summed E-state index contributed by atoms with van der Waals surface area (Å²) in [5.74, 6) is 0. The van der Waals surface area contributed by atoms with Crippen molar-refractivity contribution in [3.8, 4) is 50.2 Å². The van der Waals surface area contributed by atoms with Gasteiger partial charge in [-0.15, -0.1) is 0 Å². The van der Waals surface area contributed by atoms with Gasteiger partial charge in [0.2, 0.25) is 0 Å². The Hall–Kier alpha value is -8.00. The van der Waals surface area contributed by atoms with Crippen LogP contribution in [0.25, 0.3) is 134 Å². The summed E-state index contributed by atoms with van der Waals surface area (Å²) < 4.78 is 5.31. The standard InChI is InChI=1S/C64H39NSe/c1-3-18-40(19-4-1)60-46-23-7-9-25-48(46)62(49-26-10-8-24-47(49)60)42-35-37-54-59(39-42)66-58-33-17-31-55(64(54)58)63-52-29-13-11-27-50(52)61(51-28-12-14-30-53(51)63)41-34-36-45-44-22-15-16-32-56(44)65(57(45)38-41)43-20-5-2-6-21-43/h1-39H. The molecule has 0 aliphatic carbocycles. The first-order valence-corrected chi connectivity index (χ1v) is 24.5. The van der Waals surface area contributed by atoms with Crippen LogP contribution in [0.1, 0.15) is 0 Å². The summed E-state index contributed by atoms with van der Waals surface area (Å²) in [7, 11) is 0. The third-order valence-electron chi connectivity index (χ3n) is 14.0. The minimum absolute atomic E-state index is 0.143. The van der Waals surface area contributed by atoms with E-state index in [9.17, 15) is 0 Å². The van der Waals surface area contributed by atoms with Crippen molar-refractivity contribution in [3.63, 3.8) is 0 Å². The van der Waals surface area contributed by atoms with Gasteiger partial charge in [0.05, 0.1) is 0 Å². The van der Waals surface area contributed by atoms with E-state index in [4.69, 9.17) is 0 Å². The van der Waals surface area contributed by atoms with Gasteiger partial charge in [0, 0.05) is 0 Å². The van der Waals surface area contributed by atoms with Gasteiger partial charge in [-0.1, -0.05) is 36.4 Å². The number of fused-ring (bicyclic) bond motifs is 10. The average Bonchev–Trinajstić information content (AvgIpc) is 3.93. The molecule has 0 saturated carbocycles. The van der Waals surface area contributed by atoms with E-state index >= 15 is 0 Å². The van der Waals surface area contributed by atoms with Crippen LogP contribution in [-0.2, 0) is 0 Å². The fourth-order valence-corrected chi connectivity index (χ4v) is 13.7. The first kappa shape index (κ1) is 37.4. The van der Waals surface area contributed by atoms with E-state index < -0.39 is 0 Å². The molecule has 14 aromatic rings. The van der Waals surface area contributed by atoms with Gasteiger partial charge in [-0.3, -0.25) is 0 Å². The Labute approximate surface area is 387 Å². The Morgan fingerprint density at radius 3 is 1.27 bits per heavy atom. The Bertz CT molecular complexity index is 4160. The Morgan fingerprint density at radius 1 is 0.258 bits per heavy atom. The molecular weight excluding hydrogens is 862 g/mol. The van der Waals surface area contributed by atoms with E-state index in [0.29, 0.717) is 0 Å². The number of benzene rings is 12. The van der Waals surface area contributed by atoms with E-state index in [1.807, 2.05) is 0 Å². The quantitative estimate of drug-likeness (QED) is 0.120.